The topological polar surface area (TPSA) is 95.9 Å². The molecule has 118 valence electrons. The summed E-state index contributed by atoms with van der Waals surface area (Å²) in [4.78, 5) is 12.4. The van der Waals surface area contributed by atoms with Gasteiger partial charge in [-0.1, -0.05) is 19.0 Å². The van der Waals surface area contributed by atoms with Crippen LogP contribution in [-0.2, 0) is 0 Å². The summed E-state index contributed by atoms with van der Waals surface area (Å²) in [6.45, 7) is 5.57. The van der Waals surface area contributed by atoms with E-state index in [0.29, 0.717) is 22.8 Å². The second-order valence-electron chi connectivity index (χ2n) is 5.30. The lowest BCUT2D eigenvalue weighted by Gasteiger charge is -2.07. The monoisotopic (exact) mass is 313 g/mol. The van der Waals surface area contributed by atoms with Gasteiger partial charge >= 0.3 is 5.97 Å². The lowest BCUT2D eigenvalue weighted by molar-refractivity contribution is 0.0731. The molecule has 0 atom stereocenters. The first kappa shape index (κ1) is 14.9. The molecule has 23 heavy (non-hydrogen) atoms. The fourth-order valence-corrected chi connectivity index (χ4v) is 2.13. The first-order valence-electron chi connectivity index (χ1n) is 7.08. The molecule has 0 N–H and O–H groups in total. The van der Waals surface area contributed by atoms with Crippen LogP contribution < -0.4 is 4.74 Å². The Morgan fingerprint density at radius 2 is 2.00 bits per heavy atom. The number of carbonyl (C=O) groups is 1. The lowest BCUT2D eigenvalue weighted by atomic mass is 10.1. The van der Waals surface area contributed by atoms with Gasteiger partial charge in [-0.05, 0) is 41.6 Å². The van der Waals surface area contributed by atoms with Crippen LogP contribution in [-0.4, -0.2) is 31.3 Å². The zero-order valence-electron chi connectivity index (χ0n) is 12.9. The fourth-order valence-electron chi connectivity index (χ4n) is 2.13. The van der Waals surface area contributed by atoms with Crippen molar-refractivity contribution in [1.82, 2.24) is 25.4 Å². The van der Waals surface area contributed by atoms with Crippen LogP contribution in [0.15, 0.2) is 35.1 Å². The molecule has 8 nitrogen and oxygen atoms in total. The first-order chi connectivity index (χ1) is 11.1. The molecule has 0 bridgehead atoms. The summed E-state index contributed by atoms with van der Waals surface area (Å²) in [5.74, 6) is 0.503. The minimum absolute atomic E-state index is 0.0425. The van der Waals surface area contributed by atoms with E-state index in [4.69, 9.17) is 9.26 Å². The number of carbonyl (C=O) groups excluding carboxylic acids is 1. The summed E-state index contributed by atoms with van der Waals surface area (Å²) in [7, 11) is 0. The van der Waals surface area contributed by atoms with Gasteiger partial charge in [-0.3, -0.25) is 0 Å². The van der Waals surface area contributed by atoms with Crippen LogP contribution in [0.25, 0.3) is 5.69 Å². The van der Waals surface area contributed by atoms with Crippen molar-refractivity contribution < 1.29 is 14.1 Å². The van der Waals surface area contributed by atoms with Crippen LogP contribution in [0.2, 0.25) is 0 Å². The number of aryl methyl sites for hydroxylation is 1. The SMILES string of the molecule is Cc1noc(C(C)C)c1C(=O)Oc1ccc(-n2cnnn2)cc1. The predicted molar refractivity (Wildman–Crippen MR) is 79.4 cm³/mol. The standard InChI is InChI=1S/C15H15N5O3/c1-9(2)14-13(10(3)17-23-14)15(21)22-12-6-4-11(5-7-12)20-8-16-18-19-20/h4-9H,1-3H3. The van der Waals surface area contributed by atoms with Gasteiger partial charge in [-0.2, -0.15) is 0 Å². The molecule has 8 heteroatoms. The highest BCUT2D eigenvalue weighted by molar-refractivity contribution is 5.93. The summed E-state index contributed by atoms with van der Waals surface area (Å²) in [5.41, 5.74) is 1.66. The maximum Gasteiger partial charge on any atom is 0.349 e. The number of rotatable bonds is 4. The van der Waals surface area contributed by atoms with Gasteiger partial charge in [0.15, 0.2) is 5.76 Å². The van der Waals surface area contributed by atoms with E-state index in [-0.39, 0.29) is 5.92 Å². The van der Waals surface area contributed by atoms with Gasteiger partial charge in [0, 0.05) is 5.92 Å². The number of nitrogens with zero attached hydrogens (tertiary/aromatic N) is 5. The number of hydrogen-bond acceptors (Lipinski definition) is 7. The Balaban J connectivity index is 1.80. The van der Waals surface area contributed by atoms with Crippen LogP contribution in [0.5, 0.6) is 5.75 Å². The van der Waals surface area contributed by atoms with Crippen LogP contribution in [0, 0.1) is 6.92 Å². The molecule has 3 aromatic rings. The third kappa shape index (κ3) is 2.96. The highest BCUT2D eigenvalue weighted by Gasteiger charge is 2.24. The molecule has 0 aliphatic carbocycles. The van der Waals surface area contributed by atoms with Gasteiger partial charge in [0.1, 0.15) is 17.6 Å². The highest BCUT2D eigenvalue weighted by Crippen LogP contribution is 2.24. The van der Waals surface area contributed by atoms with E-state index in [9.17, 15) is 4.79 Å². The van der Waals surface area contributed by atoms with Gasteiger partial charge in [0.2, 0.25) is 0 Å². The van der Waals surface area contributed by atoms with Crippen LogP contribution >= 0.6 is 0 Å². The van der Waals surface area contributed by atoms with Crippen molar-refractivity contribution in [2.24, 2.45) is 0 Å². The van der Waals surface area contributed by atoms with Crippen LogP contribution in [0.3, 0.4) is 0 Å². The second-order valence-corrected chi connectivity index (χ2v) is 5.30. The molecular formula is C15H15N5O3. The molecule has 0 radical (unpaired) electrons. The Morgan fingerprint density at radius 3 is 2.61 bits per heavy atom. The minimum Gasteiger partial charge on any atom is -0.423 e. The molecule has 0 amide bonds. The van der Waals surface area contributed by atoms with E-state index < -0.39 is 5.97 Å². The number of esters is 1. The van der Waals surface area contributed by atoms with Crippen LogP contribution in [0.1, 0.15) is 41.6 Å². The maximum absolute atomic E-state index is 12.4. The highest BCUT2D eigenvalue weighted by atomic mass is 16.5. The van der Waals surface area contributed by atoms with Gasteiger partial charge in [-0.15, -0.1) is 5.10 Å². The van der Waals surface area contributed by atoms with E-state index in [1.165, 1.54) is 11.0 Å². The Bertz CT molecular complexity index is 806. The second kappa shape index (κ2) is 5.99. The van der Waals surface area contributed by atoms with E-state index in [1.807, 2.05) is 13.8 Å². The molecule has 0 unspecified atom stereocenters. The molecular weight excluding hydrogens is 298 g/mol. The number of hydrogen-bond donors (Lipinski definition) is 0. The van der Waals surface area contributed by atoms with E-state index in [0.717, 1.165) is 5.69 Å². The summed E-state index contributed by atoms with van der Waals surface area (Å²) in [6, 6.07) is 6.85. The van der Waals surface area contributed by atoms with Crippen molar-refractivity contribution in [2.45, 2.75) is 26.7 Å². The molecule has 3 rings (SSSR count). The Labute approximate surface area is 132 Å². The molecule has 1 aromatic carbocycles. The number of ether oxygens (including phenoxy) is 1. The third-order valence-electron chi connectivity index (χ3n) is 3.28. The molecule has 0 fully saturated rings. The van der Waals surface area contributed by atoms with Crippen molar-refractivity contribution >= 4 is 5.97 Å². The quantitative estimate of drug-likeness (QED) is 0.538. The Kier molecular flexibility index (Phi) is 3.88. The van der Waals surface area contributed by atoms with Crippen molar-refractivity contribution in [1.29, 1.82) is 0 Å². The maximum atomic E-state index is 12.4. The first-order valence-corrected chi connectivity index (χ1v) is 7.08. The van der Waals surface area contributed by atoms with Gasteiger partial charge in [-0.25, -0.2) is 9.48 Å². The smallest absolute Gasteiger partial charge is 0.349 e. The summed E-state index contributed by atoms with van der Waals surface area (Å²) >= 11 is 0. The fraction of sp³-hybridized carbons (Fsp3) is 0.267. The molecule has 0 saturated carbocycles. The minimum atomic E-state index is -0.484. The average Bonchev–Trinajstić information content (AvgIpc) is 3.17. The molecule has 2 aromatic heterocycles. The van der Waals surface area contributed by atoms with Crippen molar-refractivity contribution in [2.75, 3.05) is 0 Å². The third-order valence-corrected chi connectivity index (χ3v) is 3.28. The molecule has 2 heterocycles. The average molecular weight is 313 g/mol. The van der Waals surface area contributed by atoms with E-state index >= 15 is 0 Å². The normalized spacial score (nSPS) is 11.0. The number of tetrazole rings is 1. The van der Waals surface area contributed by atoms with E-state index in [2.05, 4.69) is 20.7 Å². The summed E-state index contributed by atoms with van der Waals surface area (Å²) in [5, 5.41) is 14.8. The predicted octanol–water partition coefficient (Wildman–Crippen LogP) is 2.30. The number of benzene rings is 1. The molecule has 0 spiro atoms. The van der Waals surface area contributed by atoms with Gasteiger partial charge in [0.25, 0.3) is 0 Å². The van der Waals surface area contributed by atoms with Crippen molar-refractivity contribution in [3.8, 4) is 11.4 Å². The van der Waals surface area contributed by atoms with Crippen molar-refractivity contribution in [3.05, 3.63) is 47.6 Å². The summed E-state index contributed by atoms with van der Waals surface area (Å²) in [6.07, 6.45) is 1.48. The summed E-state index contributed by atoms with van der Waals surface area (Å²) < 4.78 is 12.1. The van der Waals surface area contributed by atoms with E-state index in [1.54, 1.807) is 31.2 Å². The van der Waals surface area contributed by atoms with Crippen LogP contribution in [0.4, 0.5) is 0 Å². The number of aromatic nitrogens is 5. The molecule has 0 aliphatic heterocycles. The zero-order chi connectivity index (χ0) is 16.4. The van der Waals surface area contributed by atoms with Crippen molar-refractivity contribution in [3.63, 3.8) is 0 Å². The van der Waals surface area contributed by atoms with Gasteiger partial charge < -0.3 is 9.26 Å². The largest absolute Gasteiger partial charge is 0.423 e. The Hall–Kier alpha value is -3.03. The molecule has 0 saturated heterocycles. The molecule has 0 aliphatic rings. The Morgan fingerprint density at radius 1 is 1.26 bits per heavy atom. The zero-order valence-corrected chi connectivity index (χ0v) is 12.9. The lowest BCUT2D eigenvalue weighted by Crippen LogP contribution is -2.12. The van der Waals surface area contributed by atoms with Gasteiger partial charge in [0.05, 0.1) is 11.4 Å².